The molecule has 7 heteroatoms. The maximum absolute atomic E-state index is 12.5. The molecule has 1 aromatic carbocycles. The summed E-state index contributed by atoms with van der Waals surface area (Å²) in [5, 5.41) is 4.21. The van der Waals surface area contributed by atoms with Crippen molar-refractivity contribution < 1.29 is 4.79 Å². The van der Waals surface area contributed by atoms with Crippen LogP contribution in [0.4, 0.5) is 11.4 Å². The second-order valence-corrected chi connectivity index (χ2v) is 6.93. The Balaban J connectivity index is 2.01. The average molecular weight is 366 g/mol. The Bertz CT molecular complexity index is 937. The molecule has 0 aliphatic rings. The van der Waals surface area contributed by atoms with Gasteiger partial charge in [0.25, 0.3) is 5.91 Å². The Morgan fingerprint density at radius 1 is 1.30 bits per heavy atom. The van der Waals surface area contributed by atoms with Crippen LogP contribution in [-0.2, 0) is 0 Å². The summed E-state index contributed by atoms with van der Waals surface area (Å²) in [5.41, 5.74) is 8.96. The molecule has 1 amide bonds. The zero-order chi connectivity index (χ0) is 16.7. The summed E-state index contributed by atoms with van der Waals surface area (Å²) in [6.45, 7) is 3.89. The van der Waals surface area contributed by atoms with Gasteiger partial charge in [-0.2, -0.15) is 0 Å². The molecule has 0 radical (unpaired) electrons. The molecule has 3 N–H and O–H groups in total. The highest BCUT2D eigenvalue weighted by molar-refractivity contribution is 7.21. The topological polar surface area (TPSA) is 68.0 Å². The number of anilines is 2. The normalized spacial score (nSPS) is 11.0. The molecule has 0 unspecified atom stereocenters. The molecular formula is C16H13Cl2N3OS. The van der Waals surface area contributed by atoms with Crippen molar-refractivity contribution in [1.82, 2.24) is 4.98 Å². The second kappa shape index (κ2) is 6.00. The third-order valence-corrected chi connectivity index (χ3v) is 5.50. The molecule has 23 heavy (non-hydrogen) atoms. The van der Waals surface area contributed by atoms with Crippen molar-refractivity contribution in [1.29, 1.82) is 0 Å². The third kappa shape index (κ3) is 2.87. The molecule has 0 bridgehead atoms. The number of nitrogens with two attached hydrogens (primary N) is 1. The molecule has 0 saturated carbocycles. The van der Waals surface area contributed by atoms with E-state index in [4.69, 9.17) is 28.9 Å². The van der Waals surface area contributed by atoms with Crippen LogP contribution in [0.15, 0.2) is 24.3 Å². The lowest BCUT2D eigenvalue weighted by Crippen LogP contribution is -2.12. The standard InChI is InChI=1S/C16H13Cl2N3OS/c1-7-6-9-13(19)14(23-16(9)20-8(7)2)15(22)21-11-5-3-4-10(17)12(11)18/h3-6H,19H2,1-2H3,(H,21,22). The van der Waals surface area contributed by atoms with Gasteiger partial charge in [0.1, 0.15) is 9.71 Å². The number of amides is 1. The van der Waals surface area contributed by atoms with E-state index in [2.05, 4.69) is 10.3 Å². The van der Waals surface area contributed by atoms with Gasteiger partial charge in [0.2, 0.25) is 0 Å². The van der Waals surface area contributed by atoms with Crippen molar-refractivity contribution >= 4 is 62.0 Å². The number of aryl methyl sites for hydroxylation is 2. The van der Waals surface area contributed by atoms with Gasteiger partial charge in [0, 0.05) is 11.1 Å². The Morgan fingerprint density at radius 3 is 2.78 bits per heavy atom. The van der Waals surface area contributed by atoms with E-state index >= 15 is 0 Å². The van der Waals surface area contributed by atoms with Crippen LogP contribution in [0, 0.1) is 13.8 Å². The van der Waals surface area contributed by atoms with Gasteiger partial charge in [-0.25, -0.2) is 4.98 Å². The first-order chi connectivity index (χ1) is 10.9. The summed E-state index contributed by atoms with van der Waals surface area (Å²) < 4.78 is 0. The third-order valence-electron chi connectivity index (χ3n) is 3.57. The fourth-order valence-electron chi connectivity index (χ4n) is 2.18. The lowest BCUT2D eigenvalue weighted by Gasteiger charge is -2.07. The minimum atomic E-state index is -0.329. The predicted molar refractivity (Wildman–Crippen MR) is 97.9 cm³/mol. The molecule has 2 heterocycles. The number of aromatic nitrogens is 1. The van der Waals surface area contributed by atoms with E-state index in [9.17, 15) is 4.79 Å². The van der Waals surface area contributed by atoms with Crippen LogP contribution in [-0.4, -0.2) is 10.9 Å². The zero-order valence-corrected chi connectivity index (χ0v) is 14.7. The first-order valence-electron chi connectivity index (χ1n) is 6.80. The van der Waals surface area contributed by atoms with E-state index in [1.807, 2.05) is 19.9 Å². The van der Waals surface area contributed by atoms with Gasteiger partial charge < -0.3 is 11.1 Å². The Hall–Kier alpha value is -1.82. The fourth-order valence-corrected chi connectivity index (χ4v) is 3.54. The van der Waals surface area contributed by atoms with Crippen molar-refractivity contribution in [3.8, 4) is 0 Å². The molecule has 0 saturated heterocycles. The van der Waals surface area contributed by atoms with Gasteiger partial charge in [-0.15, -0.1) is 11.3 Å². The number of halogens is 2. The number of nitrogens with zero attached hydrogens (tertiary/aromatic N) is 1. The number of thiophene rings is 1. The lowest BCUT2D eigenvalue weighted by atomic mass is 10.1. The molecule has 0 spiro atoms. The Morgan fingerprint density at radius 2 is 2.04 bits per heavy atom. The summed E-state index contributed by atoms with van der Waals surface area (Å²) in [6, 6.07) is 7.00. The van der Waals surface area contributed by atoms with Crippen LogP contribution in [0.5, 0.6) is 0 Å². The number of hydrogen-bond donors (Lipinski definition) is 2. The number of carbonyl (C=O) groups is 1. The summed E-state index contributed by atoms with van der Waals surface area (Å²) in [5.74, 6) is -0.329. The molecule has 0 aliphatic heterocycles. The van der Waals surface area contributed by atoms with E-state index in [0.29, 0.717) is 26.3 Å². The first kappa shape index (κ1) is 16.1. The Labute approximate surface area is 147 Å². The van der Waals surface area contributed by atoms with E-state index in [1.54, 1.807) is 18.2 Å². The van der Waals surface area contributed by atoms with Gasteiger partial charge in [0.05, 0.1) is 21.4 Å². The number of nitrogens with one attached hydrogen (secondary N) is 1. The van der Waals surface area contributed by atoms with Gasteiger partial charge in [0.15, 0.2) is 0 Å². The van der Waals surface area contributed by atoms with Gasteiger partial charge in [-0.1, -0.05) is 29.3 Å². The largest absolute Gasteiger partial charge is 0.397 e. The quantitative estimate of drug-likeness (QED) is 0.667. The Kier molecular flexibility index (Phi) is 4.19. The molecular weight excluding hydrogens is 353 g/mol. The lowest BCUT2D eigenvalue weighted by molar-refractivity contribution is 0.103. The maximum Gasteiger partial charge on any atom is 0.267 e. The molecule has 4 nitrogen and oxygen atoms in total. The van der Waals surface area contributed by atoms with Gasteiger partial charge >= 0.3 is 0 Å². The number of hydrogen-bond acceptors (Lipinski definition) is 4. The summed E-state index contributed by atoms with van der Waals surface area (Å²) in [7, 11) is 0. The minimum absolute atomic E-state index is 0.298. The first-order valence-corrected chi connectivity index (χ1v) is 8.37. The van der Waals surface area contributed by atoms with Crippen LogP contribution in [0.25, 0.3) is 10.2 Å². The number of fused-ring (bicyclic) bond motifs is 1. The smallest absolute Gasteiger partial charge is 0.267 e. The van der Waals surface area contributed by atoms with Crippen molar-refractivity contribution in [2.45, 2.75) is 13.8 Å². The SMILES string of the molecule is Cc1cc2c(N)c(C(=O)Nc3cccc(Cl)c3Cl)sc2nc1C. The van der Waals surface area contributed by atoms with E-state index in [0.717, 1.165) is 21.5 Å². The van der Waals surface area contributed by atoms with Gasteiger partial charge in [-0.05, 0) is 37.6 Å². The number of carbonyl (C=O) groups excluding carboxylic acids is 1. The van der Waals surface area contributed by atoms with E-state index in [1.165, 1.54) is 11.3 Å². The van der Waals surface area contributed by atoms with Crippen LogP contribution in [0.3, 0.4) is 0 Å². The van der Waals surface area contributed by atoms with Crippen LogP contribution in [0.2, 0.25) is 10.0 Å². The number of pyridine rings is 1. The summed E-state index contributed by atoms with van der Waals surface area (Å²) >= 11 is 13.3. The van der Waals surface area contributed by atoms with Crippen LogP contribution < -0.4 is 11.1 Å². The summed E-state index contributed by atoms with van der Waals surface area (Å²) in [4.78, 5) is 18.2. The van der Waals surface area contributed by atoms with Crippen molar-refractivity contribution in [2.24, 2.45) is 0 Å². The molecule has 0 aliphatic carbocycles. The predicted octanol–water partition coefficient (Wildman–Crippen LogP) is 5.05. The maximum atomic E-state index is 12.5. The number of nitrogen functional groups attached to an aromatic ring is 1. The van der Waals surface area contributed by atoms with E-state index in [-0.39, 0.29) is 5.91 Å². The highest BCUT2D eigenvalue weighted by Gasteiger charge is 2.19. The number of benzene rings is 1. The fraction of sp³-hybridized carbons (Fsp3) is 0.125. The van der Waals surface area contributed by atoms with Crippen molar-refractivity contribution in [3.05, 3.63) is 50.4 Å². The zero-order valence-electron chi connectivity index (χ0n) is 12.4. The highest BCUT2D eigenvalue weighted by atomic mass is 35.5. The van der Waals surface area contributed by atoms with Crippen molar-refractivity contribution in [3.63, 3.8) is 0 Å². The molecule has 0 atom stereocenters. The van der Waals surface area contributed by atoms with Crippen LogP contribution in [0.1, 0.15) is 20.9 Å². The van der Waals surface area contributed by atoms with E-state index < -0.39 is 0 Å². The molecule has 118 valence electrons. The molecule has 3 aromatic rings. The molecule has 2 aromatic heterocycles. The molecule has 3 rings (SSSR count). The monoisotopic (exact) mass is 365 g/mol. The highest BCUT2D eigenvalue weighted by Crippen LogP contribution is 2.35. The van der Waals surface area contributed by atoms with Gasteiger partial charge in [-0.3, -0.25) is 4.79 Å². The average Bonchev–Trinajstić information content (AvgIpc) is 2.81. The second-order valence-electron chi connectivity index (χ2n) is 5.14. The molecule has 0 fully saturated rings. The van der Waals surface area contributed by atoms with Crippen molar-refractivity contribution in [2.75, 3.05) is 11.1 Å². The number of rotatable bonds is 2. The van der Waals surface area contributed by atoms with Crippen LogP contribution >= 0.6 is 34.5 Å². The minimum Gasteiger partial charge on any atom is -0.397 e. The summed E-state index contributed by atoms with van der Waals surface area (Å²) in [6.07, 6.45) is 0.